The van der Waals surface area contributed by atoms with Crippen LogP contribution in [0.5, 0.6) is 0 Å². The molecule has 2 atom stereocenters. The Labute approximate surface area is 124 Å². The predicted molar refractivity (Wildman–Crippen MR) is 80.5 cm³/mol. The van der Waals surface area contributed by atoms with Crippen LogP contribution in [0, 0.1) is 5.92 Å². The summed E-state index contributed by atoms with van der Waals surface area (Å²) in [5, 5.41) is 2.57. The fourth-order valence-electron chi connectivity index (χ4n) is 2.08. The molecule has 1 aromatic carbocycles. The molecule has 21 heavy (non-hydrogen) atoms. The molecule has 0 unspecified atom stereocenters. The van der Waals surface area contributed by atoms with E-state index in [4.69, 9.17) is 5.73 Å². The molecule has 0 radical (unpaired) electrons. The van der Waals surface area contributed by atoms with Crippen LogP contribution in [-0.2, 0) is 16.0 Å². The first-order valence-corrected chi connectivity index (χ1v) is 7.12. The quantitative estimate of drug-likeness (QED) is 0.765. The lowest BCUT2D eigenvalue weighted by Gasteiger charge is -2.20. The number of nitrogens with one attached hydrogen (secondary N) is 1. The van der Waals surface area contributed by atoms with E-state index in [-0.39, 0.29) is 12.3 Å². The van der Waals surface area contributed by atoms with Crippen molar-refractivity contribution in [3.05, 3.63) is 35.9 Å². The zero-order valence-corrected chi connectivity index (χ0v) is 12.5. The van der Waals surface area contributed by atoms with Gasteiger partial charge in [-0.05, 0) is 24.3 Å². The number of rotatable bonds is 8. The van der Waals surface area contributed by atoms with Crippen molar-refractivity contribution in [3.8, 4) is 0 Å². The molecular weight excluding hydrogens is 271 g/mol. The number of carbonyl (C=O) groups excluding carboxylic acids is 2. The number of ketones is 1. The number of halogens is 1. The molecule has 116 valence electrons. The van der Waals surface area contributed by atoms with E-state index in [1.165, 1.54) is 0 Å². The topological polar surface area (TPSA) is 72.2 Å². The maximum Gasteiger partial charge on any atom is 0.237 e. The largest absolute Gasteiger partial charge is 0.344 e. The van der Waals surface area contributed by atoms with Gasteiger partial charge < -0.3 is 11.1 Å². The second kappa shape index (κ2) is 8.52. The van der Waals surface area contributed by atoms with Crippen molar-refractivity contribution in [2.24, 2.45) is 11.7 Å². The van der Waals surface area contributed by atoms with Crippen LogP contribution in [0.25, 0.3) is 0 Å². The van der Waals surface area contributed by atoms with Crippen LogP contribution in [0.1, 0.15) is 25.8 Å². The molecule has 0 saturated heterocycles. The van der Waals surface area contributed by atoms with Gasteiger partial charge >= 0.3 is 0 Å². The lowest BCUT2D eigenvalue weighted by molar-refractivity contribution is -0.129. The first kappa shape index (κ1) is 17.3. The van der Waals surface area contributed by atoms with Crippen LogP contribution in [0.4, 0.5) is 4.39 Å². The van der Waals surface area contributed by atoms with Crippen LogP contribution in [-0.4, -0.2) is 30.4 Å². The molecule has 0 aliphatic rings. The number of alkyl halides is 1. The van der Waals surface area contributed by atoms with E-state index in [1.807, 2.05) is 44.2 Å². The van der Waals surface area contributed by atoms with Gasteiger partial charge in [0, 0.05) is 0 Å². The molecule has 1 amide bonds. The molecule has 0 aromatic heterocycles. The maximum atomic E-state index is 12.7. The lowest BCUT2D eigenvalue weighted by Crippen LogP contribution is -2.50. The van der Waals surface area contributed by atoms with Gasteiger partial charge in [-0.3, -0.25) is 9.59 Å². The average molecular weight is 294 g/mol. The SMILES string of the molecule is CC(C)C[C@H](N)C(=O)N[C@@H](Cc1ccccc1)C(=O)CF. The number of benzene rings is 1. The van der Waals surface area contributed by atoms with Crippen molar-refractivity contribution in [1.29, 1.82) is 0 Å². The van der Waals surface area contributed by atoms with Crippen molar-refractivity contribution in [2.45, 2.75) is 38.8 Å². The van der Waals surface area contributed by atoms with Gasteiger partial charge in [0.1, 0.15) is 6.67 Å². The minimum Gasteiger partial charge on any atom is -0.344 e. The maximum absolute atomic E-state index is 12.7. The standard InChI is InChI=1S/C16H23FN2O2/c1-11(2)8-13(18)16(21)19-14(15(20)10-17)9-12-6-4-3-5-7-12/h3-7,11,13-14H,8-10,18H2,1-2H3,(H,19,21)/t13-,14-/m0/s1. The summed E-state index contributed by atoms with van der Waals surface area (Å²) in [6.07, 6.45) is 0.789. The Morgan fingerprint density at radius 2 is 1.86 bits per heavy atom. The summed E-state index contributed by atoms with van der Waals surface area (Å²) >= 11 is 0. The molecule has 3 N–H and O–H groups in total. The highest BCUT2D eigenvalue weighted by Gasteiger charge is 2.24. The summed E-state index contributed by atoms with van der Waals surface area (Å²) in [4.78, 5) is 23.7. The third kappa shape index (κ3) is 6.04. The van der Waals surface area contributed by atoms with E-state index in [9.17, 15) is 14.0 Å². The predicted octanol–water partition coefficient (Wildman–Crippen LogP) is 1.63. The normalized spacial score (nSPS) is 13.8. The zero-order chi connectivity index (χ0) is 15.8. The number of nitrogens with two attached hydrogens (primary N) is 1. The molecule has 4 nitrogen and oxygen atoms in total. The van der Waals surface area contributed by atoms with Crippen molar-refractivity contribution in [2.75, 3.05) is 6.67 Å². The van der Waals surface area contributed by atoms with Crippen LogP contribution >= 0.6 is 0 Å². The minimum atomic E-state index is -1.10. The summed E-state index contributed by atoms with van der Waals surface area (Å²) in [6.45, 7) is 2.82. The zero-order valence-electron chi connectivity index (χ0n) is 12.5. The highest BCUT2D eigenvalue weighted by atomic mass is 19.1. The molecular formula is C16H23FN2O2. The van der Waals surface area contributed by atoms with E-state index in [2.05, 4.69) is 5.32 Å². The molecule has 0 aliphatic heterocycles. The van der Waals surface area contributed by atoms with E-state index in [1.54, 1.807) is 0 Å². The van der Waals surface area contributed by atoms with Gasteiger partial charge in [-0.25, -0.2) is 4.39 Å². The van der Waals surface area contributed by atoms with E-state index in [0.29, 0.717) is 6.42 Å². The summed E-state index contributed by atoms with van der Waals surface area (Å²) < 4.78 is 12.7. The third-order valence-electron chi connectivity index (χ3n) is 3.18. The Kier molecular flexibility index (Phi) is 7.02. The fraction of sp³-hybridized carbons (Fsp3) is 0.500. The number of carbonyl (C=O) groups is 2. The van der Waals surface area contributed by atoms with Gasteiger partial charge in [0.2, 0.25) is 5.91 Å². The minimum absolute atomic E-state index is 0.268. The van der Waals surface area contributed by atoms with Gasteiger partial charge in [-0.2, -0.15) is 0 Å². The summed E-state index contributed by atoms with van der Waals surface area (Å²) in [6, 6.07) is 7.63. The van der Waals surface area contributed by atoms with Gasteiger partial charge in [0.15, 0.2) is 5.78 Å². The van der Waals surface area contributed by atoms with Crippen molar-refractivity contribution < 1.29 is 14.0 Å². The first-order valence-electron chi connectivity index (χ1n) is 7.12. The summed E-state index contributed by atoms with van der Waals surface area (Å²) in [5.74, 6) is -0.773. The molecule has 0 spiro atoms. The van der Waals surface area contributed by atoms with Crippen LogP contribution in [0.2, 0.25) is 0 Å². The Bertz CT molecular complexity index is 463. The number of hydrogen-bond donors (Lipinski definition) is 2. The van der Waals surface area contributed by atoms with Gasteiger partial charge in [-0.1, -0.05) is 44.2 Å². The molecule has 0 bridgehead atoms. The van der Waals surface area contributed by atoms with Gasteiger partial charge in [0.25, 0.3) is 0 Å². The Morgan fingerprint density at radius 1 is 1.24 bits per heavy atom. The van der Waals surface area contributed by atoms with Crippen molar-refractivity contribution >= 4 is 11.7 Å². The second-order valence-corrected chi connectivity index (χ2v) is 5.59. The summed E-state index contributed by atoms with van der Waals surface area (Å²) in [7, 11) is 0. The average Bonchev–Trinajstić information content (AvgIpc) is 2.46. The molecule has 0 fully saturated rings. The molecule has 1 rings (SSSR count). The van der Waals surface area contributed by atoms with Gasteiger partial charge in [-0.15, -0.1) is 0 Å². The van der Waals surface area contributed by atoms with Crippen molar-refractivity contribution in [1.82, 2.24) is 5.32 Å². The number of amides is 1. The smallest absolute Gasteiger partial charge is 0.237 e. The molecule has 0 saturated carbocycles. The lowest BCUT2D eigenvalue weighted by atomic mass is 10.0. The highest BCUT2D eigenvalue weighted by Crippen LogP contribution is 2.07. The van der Waals surface area contributed by atoms with Crippen LogP contribution < -0.4 is 11.1 Å². The fourth-order valence-corrected chi connectivity index (χ4v) is 2.08. The monoisotopic (exact) mass is 294 g/mol. The van der Waals surface area contributed by atoms with E-state index < -0.39 is 30.4 Å². The van der Waals surface area contributed by atoms with Crippen LogP contribution in [0.15, 0.2) is 30.3 Å². The molecule has 5 heteroatoms. The molecule has 0 aliphatic carbocycles. The number of hydrogen-bond acceptors (Lipinski definition) is 3. The Morgan fingerprint density at radius 3 is 2.38 bits per heavy atom. The summed E-state index contributed by atoms with van der Waals surface area (Å²) in [5.41, 5.74) is 6.65. The van der Waals surface area contributed by atoms with E-state index in [0.717, 1.165) is 5.56 Å². The van der Waals surface area contributed by atoms with E-state index >= 15 is 0 Å². The van der Waals surface area contributed by atoms with Crippen LogP contribution in [0.3, 0.4) is 0 Å². The highest BCUT2D eigenvalue weighted by molar-refractivity contribution is 5.91. The Balaban J connectivity index is 2.70. The second-order valence-electron chi connectivity index (χ2n) is 5.59. The van der Waals surface area contributed by atoms with Crippen molar-refractivity contribution in [3.63, 3.8) is 0 Å². The Hall–Kier alpha value is -1.75. The first-order chi connectivity index (χ1) is 9.93. The van der Waals surface area contributed by atoms with Gasteiger partial charge in [0.05, 0.1) is 12.1 Å². The number of Topliss-reactive ketones (excluding diaryl/α,β-unsaturated/α-hetero) is 1. The third-order valence-corrected chi connectivity index (χ3v) is 3.18. The molecule has 1 aromatic rings. The molecule has 0 heterocycles.